The van der Waals surface area contributed by atoms with Gasteiger partial charge in [0.2, 0.25) is 0 Å². The van der Waals surface area contributed by atoms with Crippen molar-refractivity contribution in [1.29, 1.82) is 0 Å². The highest BCUT2D eigenvalue weighted by Crippen LogP contribution is 2.48. The summed E-state index contributed by atoms with van der Waals surface area (Å²) in [7, 11) is 0. The molecule has 1 heterocycles. The van der Waals surface area contributed by atoms with Crippen molar-refractivity contribution in [3.8, 4) is 55.6 Å². The first-order chi connectivity index (χ1) is 31.3. The van der Waals surface area contributed by atoms with Gasteiger partial charge in [-0.3, -0.25) is 0 Å². The summed E-state index contributed by atoms with van der Waals surface area (Å²) < 4.78 is 6.43. The Kier molecular flexibility index (Phi) is 7.98. The van der Waals surface area contributed by atoms with Gasteiger partial charge in [0.15, 0.2) is 0 Å². The molecule has 0 amide bonds. The maximum atomic E-state index is 6.43. The standard InChI is InChI=1S/C62H38O/c1-2-15-39(16-3-1)40-29-35-43(36-30-40)60-50-22-8-10-24-52(50)61(53-25-11-9-23-51(53)60)58-38-57-46-18-5-4-17-45(46)55(37-56(57)47-19-6-7-20-48(47)58)42-33-31-41(32-34-42)44-26-14-27-54-49-21-12-13-28-59(49)63-62(44)54/h1-38H. The summed E-state index contributed by atoms with van der Waals surface area (Å²) in [5.74, 6) is 0. The van der Waals surface area contributed by atoms with Crippen LogP contribution in [0.15, 0.2) is 235 Å². The van der Waals surface area contributed by atoms with Gasteiger partial charge in [-0.1, -0.05) is 212 Å². The van der Waals surface area contributed by atoms with Crippen molar-refractivity contribution in [3.05, 3.63) is 231 Å². The first-order valence-electron chi connectivity index (χ1n) is 21.7. The molecule has 0 fully saturated rings. The van der Waals surface area contributed by atoms with Gasteiger partial charge in [0.05, 0.1) is 0 Å². The second-order valence-corrected chi connectivity index (χ2v) is 16.7. The van der Waals surface area contributed by atoms with Crippen molar-refractivity contribution in [2.45, 2.75) is 0 Å². The fraction of sp³-hybridized carbons (Fsp3) is 0. The molecule has 1 aromatic heterocycles. The minimum Gasteiger partial charge on any atom is -0.455 e. The summed E-state index contributed by atoms with van der Waals surface area (Å²) in [6.07, 6.45) is 0. The number of hydrogen-bond donors (Lipinski definition) is 0. The Morgan fingerprint density at radius 2 is 0.619 bits per heavy atom. The van der Waals surface area contributed by atoms with E-state index in [-0.39, 0.29) is 0 Å². The smallest absolute Gasteiger partial charge is 0.143 e. The van der Waals surface area contributed by atoms with Gasteiger partial charge >= 0.3 is 0 Å². The molecule has 0 spiro atoms. The molecule has 0 saturated carbocycles. The van der Waals surface area contributed by atoms with Crippen LogP contribution in [0.2, 0.25) is 0 Å². The van der Waals surface area contributed by atoms with E-state index in [9.17, 15) is 0 Å². The van der Waals surface area contributed by atoms with Crippen LogP contribution in [-0.2, 0) is 0 Å². The van der Waals surface area contributed by atoms with Crippen LogP contribution < -0.4 is 0 Å². The predicted octanol–water partition coefficient (Wildman–Crippen LogP) is 17.7. The molecule has 0 aliphatic heterocycles. The van der Waals surface area contributed by atoms with E-state index in [0.29, 0.717) is 0 Å². The monoisotopic (exact) mass is 798 g/mol. The van der Waals surface area contributed by atoms with Crippen LogP contribution in [0.3, 0.4) is 0 Å². The van der Waals surface area contributed by atoms with Crippen LogP contribution in [0, 0.1) is 0 Å². The van der Waals surface area contributed by atoms with Crippen LogP contribution in [0.25, 0.3) is 131 Å². The molecule has 0 N–H and O–H groups in total. The molecular formula is C62H38O. The fourth-order valence-electron chi connectivity index (χ4n) is 10.4. The van der Waals surface area contributed by atoms with E-state index in [1.165, 1.54) is 98.4 Å². The van der Waals surface area contributed by atoms with Gasteiger partial charge in [-0.05, 0) is 122 Å². The quantitative estimate of drug-likeness (QED) is 0.125. The maximum absolute atomic E-state index is 6.43. The van der Waals surface area contributed by atoms with Crippen molar-refractivity contribution in [1.82, 2.24) is 0 Å². The van der Waals surface area contributed by atoms with Crippen LogP contribution in [0.5, 0.6) is 0 Å². The zero-order chi connectivity index (χ0) is 41.4. The summed E-state index contributed by atoms with van der Waals surface area (Å²) in [5, 5.41) is 14.8. The molecule has 0 aliphatic carbocycles. The van der Waals surface area contributed by atoms with Crippen LogP contribution >= 0.6 is 0 Å². The van der Waals surface area contributed by atoms with Crippen molar-refractivity contribution >= 4 is 75.8 Å². The van der Waals surface area contributed by atoms with E-state index in [2.05, 4.69) is 218 Å². The molecule has 0 unspecified atom stereocenters. The second-order valence-electron chi connectivity index (χ2n) is 16.7. The van der Waals surface area contributed by atoms with Crippen LogP contribution in [-0.4, -0.2) is 0 Å². The highest BCUT2D eigenvalue weighted by Gasteiger charge is 2.21. The van der Waals surface area contributed by atoms with Gasteiger partial charge in [0.25, 0.3) is 0 Å². The van der Waals surface area contributed by atoms with E-state index < -0.39 is 0 Å². The van der Waals surface area contributed by atoms with Crippen molar-refractivity contribution < 1.29 is 4.42 Å². The first kappa shape index (κ1) is 35.5. The summed E-state index contributed by atoms with van der Waals surface area (Å²) >= 11 is 0. The molecule has 12 aromatic carbocycles. The summed E-state index contributed by atoms with van der Waals surface area (Å²) in [6, 6.07) is 84.3. The summed E-state index contributed by atoms with van der Waals surface area (Å²) in [5.41, 5.74) is 13.9. The Morgan fingerprint density at radius 1 is 0.206 bits per heavy atom. The average Bonchev–Trinajstić information content (AvgIpc) is 3.75. The Balaban J connectivity index is 1.01. The van der Waals surface area contributed by atoms with Gasteiger partial charge in [0, 0.05) is 16.3 Å². The fourth-order valence-corrected chi connectivity index (χ4v) is 10.4. The highest BCUT2D eigenvalue weighted by molar-refractivity contribution is 6.29. The molecule has 0 saturated heterocycles. The predicted molar refractivity (Wildman–Crippen MR) is 268 cm³/mol. The summed E-state index contributed by atoms with van der Waals surface area (Å²) in [6.45, 7) is 0. The Labute approximate surface area is 364 Å². The molecule has 292 valence electrons. The molecule has 13 aromatic rings. The molecule has 1 heteroatoms. The van der Waals surface area contributed by atoms with Crippen LogP contribution in [0.4, 0.5) is 0 Å². The average molecular weight is 799 g/mol. The van der Waals surface area contributed by atoms with Crippen molar-refractivity contribution in [3.63, 3.8) is 0 Å². The molecule has 0 radical (unpaired) electrons. The molecule has 1 nitrogen and oxygen atoms in total. The molecule has 0 aliphatic rings. The SMILES string of the molecule is c1ccc(-c2ccc(-c3c4ccccc4c(-c4cc5c6ccccc6c(-c6ccc(-c7cccc8c7oc7ccccc78)cc6)cc5c5ccccc45)c4ccccc34)cc2)cc1. The molecular weight excluding hydrogens is 761 g/mol. The van der Waals surface area contributed by atoms with E-state index in [1.807, 2.05) is 12.1 Å². The number of hydrogen-bond acceptors (Lipinski definition) is 1. The van der Waals surface area contributed by atoms with Gasteiger partial charge in [0.1, 0.15) is 11.2 Å². The topological polar surface area (TPSA) is 13.1 Å². The summed E-state index contributed by atoms with van der Waals surface area (Å²) in [4.78, 5) is 0. The van der Waals surface area contributed by atoms with E-state index in [0.717, 1.165) is 33.1 Å². The van der Waals surface area contributed by atoms with E-state index in [1.54, 1.807) is 0 Å². The second kappa shape index (κ2) is 14.2. The number of para-hydroxylation sites is 2. The van der Waals surface area contributed by atoms with E-state index in [4.69, 9.17) is 4.42 Å². The molecule has 0 atom stereocenters. The zero-order valence-corrected chi connectivity index (χ0v) is 34.3. The lowest BCUT2D eigenvalue weighted by Gasteiger charge is -2.20. The number of fused-ring (bicyclic) bond motifs is 10. The number of furan rings is 1. The van der Waals surface area contributed by atoms with Gasteiger partial charge < -0.3 is 4.42 Å². The van der Waals surface area contributed by atoms with Crippen molar-refractivity contribution in [2.24, 2.45) is 0 Å². The first-order valence-corrected chi connectivity index (χ1v) is 21.7. The lowest BCUT2D eigenvalue weighted by Crippen LogP contribution is -1.93. The minimum atomic E-state index is 0.915. The zero-order valence-electron chi connectivity index (χ0n) is 34.3. The molecule has 0 bridgehead atoms. The molecule has 63 heavy (non-hydrogen) atoms. The van der Waals surface area contributed by atoms with Crippen LogP contribution in [0.1, 0.15) is 0 Å². The van der Waals surface area contributed by atoms with Crippen molar-refractivity contribution in [2.75, 3.05) is 0 Å². The number of benzene rings is 12. The third-order valence-electron chi connectivity index (χ3n) is 13.3. The van der Waals surface area contributed by atoms with E-state index >= 15 is 0 Å². The highest BCUT2D eigenvalue weighted by atomic mass is 16.3. The Morgan fingerprint density at radius 3 is 1.24 bits per heavy atom. The normalized spacial score (nSPS) is 11.8. The molecule has 13 rings (SSSR count). The lowest BCUT2D eigenvalue weighted by molar-refractivity contribution is 0.670. The van der Waals surface area contributed by atoms with Gasteiger partial charge in [-0.15, -0.1) is 0 Å². The maximum Gasteiger partial charge on any atom is 0.143 e. The Hall–Kier alpha value is -8.26. The van der Waals surface area contributed by atoms with Gasteiger partial charge in [-0.2, -0.15) is 0 Å². The third kappa shape index (κ3) is 5.57. The van der Waals surface area contributed by atoms with Gasteiger partial charge in [-0.25, -0.2) is 0 Å². The number of rotatable bonds is 5. The minimum absolute atomic E-state index is 0.915. The Bertz CT molecular complexity index is 3870. The largest absolute Gasteiger partial charge is 0.455 e. The third-order valence-corrected chi connectivity index (χ3v) is 13.3. The lowest BCUT2D eigenvalue weighted by atomic mass is 9.82.